The molecular formula is C9H15N3. The van der Waals surface area contributed by atoms with Crippen molar-refractivity contribution >= 4 is 5.82 Å². The van der Waals surface area contributed by atoms with Crippen LogP contribution in [0.3, 0.4) is 0 Å². The summed E-state index contributed by atoms with van der Waals surface area (Å²) in [5, 5.41) is 7.90. The molecule has 0 saturated carbocycles. The Morgan fingerprint density at radius 2 is 2.08 bits per heavy atom. The largest absolute Gasteiger partial charge is 0.382 e. The molecular weight excluding hydrogens is 150 g/mol. The van der Waals surface area contributed by atoms with E-state index in [1.165, 1.54) is 5.56 Å². The van der Waals surface area contributed by atoms with Crippen LogP contribution in [0.1, 0.15) is 31.5 Å². The van der Waals surface area contributed by atoms with E-state index >= 15 is 0 Å². The zero-order chi connectivity index (χ0) is 8.97. The third-order valence-electron chi connectivity index (χ3n) is 1.85. The molecule has 0 atom stereocenters. The number of aromatic nitrogens is 2. The van der Waals surface area contributed by atoms with E-state index in [1.807, 2.05) is 6.07 Å². The van der Waals surface area contributed by atoms with Gasteiger partial charge in [-0.3, -0.25) is 0 Å². The summed E-state index contributed by atoms with van der Waals surface area (Å²) in [4.78, 5) is 0. The summed E-state index contributed by atoms with van der Waals surface area (Å²) in [6.07, 6.45) is 3.08. The third kappa shape index (κ3) is 1.94. The highest BCUT2D eigenvalue weighted by molar-refractivity contribution is 5.33. The predicted octanol–water partition coefficient (Wildman–Crippen LogP) is 1.57. The highest BCUT2D eigenvalue weighted by Crippen LogP contribution is 2.10. The fourth-order valence-electron chi connectivity index (χ4n) is 1.23. The molecule has 0 aliphatic rings. The van der Waals surface area contributed by atoms with Gasteiger partial charge in [0.1, 0.15) is 5.82 Å². The maximum atomic E-state index is 5.53. The lowest BCUT2D eigenvalue weighted by Crippen LogP contribution is -2.02. The number of rotatable bonds is 3. The molecule has 12 heavy (non-hydrogen) atoms. The quantitative estimate of drug-likeness (QED) is 0.739. The zero-order valence-corrected chi connectivity index (χ0v) is 7.67. The Bertz CT molecular complexity index is 258. The highest BCUT2D eigenvalue weighted by atomic mass is 15.1. The Labute approximate surface area is 73.0 Å². The summed E-state index contributed by atoms with van der Waals surface area (Å²) in [5.41, 5.74) is 7.84. The van der Waals surface area contributed by atoms with Gasteiger partial charge in [-0.15, -0.1) is 5.10 Å². The molecule has 3 nitrogen and oxygen atoms in total. The molecule has 0 fully saturated rings. The van der Waals surface area contributed by atoms with E-state index < -0.39 is 0 Å². The lowest BCUT2D eigenvalue weighted by Gasteiger charge is -2.04. The average Bonchev–Trinajstić information content (AvgIpc) is 2.08. The first-order chi connectivity index (χ1) is 5.77. The highest BCUT2D eigenvalue weighted by Gasteiger charge is 2.02. The molecule has 1 heterocycles. The third-order valence-corrected chi connectivity index (χ3v) is 1.85. The Hall–Kier alpha value is -1.12. The number of anilines is 1. The van der Waals surface area contributed by atoms with Gasteiger partial charge in [0, 0.05) is 0 Å². The van der Waals surface area contributed by atoms with Crippen LogP contribution in [-0.4, -0.2) is 10.2 Å². The Morgan fingerprint density at radius 1 is 1.33 bits per heavy atom. The molecule has 2 N–H and O–H groups in total. The summed E-state index contributed by atoms with van der Waals surface area (Å²) in [5.74, 6) is 0.520. The van der Waals surface area contributed by atoms with E-state index in [1.54, 1.807) is 0 Å². The molecule has 0 spiro atoms. The van der Waals surface area contributed by atoms with Crippen LogP contribution in [0.5, 0.6) is 0 Å². The fraction of sp³-hybridized carbons (Fsp3) is 0.556. The number of nitrogen functional groups attached to an aromatic ring is 1. The van der Waals surface area contributed by atoms with Crippen LogP contribution in [0.2, 0.25) is 0 Å². The van der Waals surface area contributed by atoms with Crippen molar-refractivity contribution in [1.29, 1.82) is 0 Å². The SMILES string of the molecule is CCCc1nnc(N)cc1CC. The van der Waals surface area contributed by atoms with Crippen molar-refractivity contribution in [1.82, 2.24) is 10.2 Å². The second kappa shape index (κ2) is 4.04. The van der Waals surface area contributed by atoms with E-state index in [9.17, 15) is 0 Å². The van der Waals surface area contributed by atoms with E-state index in [4.69, 9.17) is 5.73 Å². The molecule has 0 amide bonds. The molecule has 3 heteroatoms. The summed E-state index contributed by atoms with van der Waals surface area (Å²) in [7, 11) is 0. The molecule has 0 aromatic carbocycles. The maximum Gasteiger partial charge on any atom is 0.146 e. The molecule has 1 aromatic rings. The van der Waals surface area contributed by atoms with E-state index in [0.717, 1.165) is 25.0 Å². The fourth-order valence-corrected chi connectivity index (χ4v) is 1.23. The summed E-state index contributed by atoms with van der Waals surface area (Å²) in [6.45, 7) is 4.24. The van der Waals surface area contributed by atoms with Gasteiger partial charge < -0.3 is 5.73 Å². The summed E-state index contributed by atoms with van der Waals surface area (Å²) >= 11 is 0. The Morgan fingerprint density at radius 3 is 2.67 bits per heavy atom. The first-order valence-electron chi connectivity index (χ1n) is 4.38. The minimum absolute atomic E-state index is 0.520. The van der Waals surface area contributed by atoms with E-state index in [2.05, 4.69) is 24.0 Å². The van der Waals surface area contributed by atoms with Gasteiger partial charge in [0.15, 0.2) is 0 Å². The van der Waals surface area contributed by atoms with Gasteiger partial charge in [-0.2, -0.15) is 5.10 Å². The Kier molecular flexibility index (Phi) is 3.02. The first kappa shape index (κ1) is 8.97. The molecule has 0 bridgehead atoms. The number of hydrogen-bond acceptors (Lipinski definition) is 3. The van der Waals surface area contributed by atoms with Crippen molar-refractivity contribution < 1.29 is 0 Å². The van der Waals surface area contributed by atoms with E-state index in [-0.39, 0.29) is 0 Å². The smallest absolute Gasteiger partial charge is 0.146 e. The van der Waals surface area contributed by atoms with Gasteiger partial charge in [-0.05, 0) is 24.5 Å². The monoisotopic (exact) mass is 165 g/mol. The van der Waals surface area contributed by atoms with E-state index in [0.29, 0.717) is 5.82 Å². The lowest BCUT2D eigenvalue weighted by molar-refractivity contribution is 0.817. The van der Waals surface area contributed by atoms with Gasteiger partial charge >= 0.3 is 0 Å². The van der Waals surface area contributed by atoms with Crippen LogP contribution in [0.25, 0.3) is 0 Å². The standard InChI is InChI=1S/C9H15N3/c1-3-5-8-7(4-2)6-9(10)12-11-8/h6H,3-5H2,1-2H3,(H2,10,12). The number of nitrogens with two attached hydrogens (primary N) is 1. The summed E-state index contributed by atoms with van der Waals surface area (Å²) < 4.78 is 0. The van der Waals surface area contributed by atoms with Crippen LogP contribution in [0.4, 0.5) is 5.82 Å². The topological polar surface area (TPSA) is 51.8 Å². The summed E-state index contributed by atoms with van der Waals surface area (Å²) in [6, 6.07) is 1.91. The van der Waals surface area contributed by atoms with Gasteiger partial charge in [0.25, 0.3) is 0 Å². The van der Waals surface area contributed by atoms with Gasteiger partial charge in [-0.25, -0.2) is 0 Å². The van der Waals surface area contributed by atoms with Crippen molar-refractivity contribution in [2.45, 2.75) is 33.1 Å². The molecule has 0 aliphatic carbocycles. The average molecular weight is 165 g/mol. The first-order valence-corrected chi connectivity index (χ1v) is 4.38. The van der Waals surface area contributed by atoms with Gasteiger partial charge in [0.05, 0.1) is 5.69 Å². The molecule has 0 unspecified atom stereocenters. The number of hydrogen-bond donors (Lipinski definition) is 1. The minimum Gasteiger partial charge on any atom is -0.382 e. The van der Waals surface area contributed by atoms with Crippen LogP contribution in [-0.2, 0) is 12.8 Å². The van der Waals surface area contributed by atoms with Crippen LogP contribution < -0.4 is 5.73 Å². The molecule has 1 aromatic heterocycles. The van der Waals surface area contributed by atoms with Crippen molar-refractivity contribution in [2.24, 2.45) is 0 Å². The normalized spacial score (nSPS) is 10.2. The molecule has 66 valence electrons. The van der Waals surface area contributed by atoms with Gasteiger partial charge in [0.2, 0.25) is 0 Å². The number of nitrogens with zero attached hydrogens (tertiary/aromatic N) is 2. The minimum atomic E-state index is 0.520. The molecule has 1 rings (SSSR count). The maximum absolute atomic E-state index is 5.53. The van der Waals surface area contributed by atoms with Crippen molar-refractivity contribution in [3.05, 3.63) is 17.3 Å². The molecule has 0 radical (unpaired) electrons. The van der Waals surface area contributed by atoms with Crippen LogP contribution >= 0.6 is 0 Å². The van der Waals surface area contributed by atoms with Gasteiger partial charge in [-0.1, -0.05) is 20.3 Å². The Balaban J connectivity index is 2.94. The second-order valence-electron chi connectivity index (χ2n) is 2.84. The molecule has 0 aliphatic heterocycles. The lowest BCUT2D eigenvalue weighted by atomic mass is 10.1. The molecule has 0 saturated heterocycles. The van der Waals surface area contributed by atoms with Crippen molar-refractivity contribution in [3.63, 3.8) is 0 Å². The zero-order valence-electron chi connectivity index (χ0n) is 7.67. The van der Waals surface area contributed by atoms with Crippen molar-refractivity contribution in [2.75, 3.05) is 5.73 Å². The van der Waals surface area contributed by atoms with Crippen molar-refractivity contribution in [3.8, 4) is 0 Å². The second-order valence-corrected chi connectivity index (χ2v) is 2.84. The number of aryl methyl sites for hydroxylation is 2. The van der Waals surface area contributed by atoms with Crippen LogP contribution in [0, 0.1) is 0 Å². The predicted molar refractivity (Wildman–Crippen MR) is 49.8 cm³/mol. The van der Waals surface area contributed by atoms with Crippen LogP contribution in [0.15, 0.2) is 6.07 Å².